The lowest BCUT2D eigenvalue weighted by Crippen LogP contribution is -2.33. The monoisotopic (exact) mass is 328 g/mol. The lowest BCUT2D eigenvalue weighted by molar-refractivity contribution is 0.0621. The largest absolute Gasteiger partial charge is 0.396 e. The molecule has 21 heavy (non-hydrogen) atoms. The van der Waals surface area contributed by atoms with Crippen LogP contribution in [-0.2, 0) is 6.42 Å². The van der Waals surface area contributed by atoms with E-state index in [0.29, 0.717) is 10.0 Å². The summed E-state index contributed by atoms with van der Waals surface area (Å²) in [6, 6.07) is 5.80. The van der Waals surface area contributed by atoms with Gasteiger partial charge >= 0.3 is 0 Å². The van der Waals surface area contributed by atoms with Crippen LogP contribution in [0.4, 0.5) is 0 Å². The average molecular weight is 329 g/mol. The topological polar surface area (TPSA) is 20.2 Å². The summed E-state index contributed by atoms with van der Waals surface area (Å²) < 4.78 is 0. The Morgan fingerprint density at radius 3 is 2.57 bits per heavy atom. The van der Waals surface area contributed by atoms with Gasteiger partial charge in [0.2, 0.25) is 0 Å². The van der Waals surface area contributed by atoms with Crippen molar-refractivity contribution in [3.8, 4) is 0 Å². The molecule has 1 aliphatic carbocycles. The van der Waals surface area contributed by atoms with Crippen molar-refractivity contribution in [3.05, 3.63) is 33.8 Å². The predicted molar refractivity (Wildman–Crippen MR) is 91.2 cm³/mol. The standard InChI is InChI=1S/C18H26Cl2O/c1-2-3-5-14-8-10-18(13-21,11-9-14)12-15-6-4-7-16(19)17(15)20/h4,6-7,14,21H,2-3,5,8-13H2,1H3. The van der Waals surface area contributed by atoms with E-state index in [9.17, 15) is 5.11 Å². The summed E-state index contributed by atoms with van der Waals surface area (Å²) in [6.45, 7) is 2.50. The van der Waals surface area contributed by atoms with Crippen LogP contribution >= 0.6 is 23.2 Å². The molecule has 118 valence electrons. The molecular formula is C18H26Cl2O. The molecule has 1 nitrogen and oxygen atoms in total. The number of unbranched alkanes of at least 4 members (excludes halogenated alkanes) is 1. The van der Waals surface area contributed by atoms with Crippen molar-refractivity contribution >= 4 is 23.2 Å². The van der Waals surface area contributed by atoms with Crippen molar-refractivity contribution in [2.75, 3.05) is 6.61 Å². The average Bonchev–Trinajstić information content (AvgIpc) is 2.51. The van der Waals surface area contributed by atoms with E-state index in [1.807, 2.05) is 18.2 Å². The maximum atomic E-state index is 9.95. The fourth-order valence-electron chi connectivity index (χ4n) is 3.55. The minimum atomic E-state index is -0.00294. The Balaban J connectivity index is 2.01. The Bertz CT molecular complexity index is 451. The van der Waals surface area contributed by atoms with Crippen LogP contribution < -0.4 is 0 Å². The highest BCUT2D eigenvalue weighted by Crippen LogP contribution is 2.44. The highest BCUT2D eigenvalue weighted by Gasteiger charge is 2.35. The zero-order chi connectivity index (χ0) is 15.3. The number of benzene rings is 1. The van der Waals surface area contributed by atoms with Gasteiger partial charge in [-0.1, -0.05) is 61.5 Å². The first kappa shape index (κ1) is 17.1. The summed E-state index contributed by atoms with van der Waals surface area (Å²) in [5, 5.41) is 11.2. The molecule has 0 radical (unpaired) electrons. The van der Waals surface area contributed by atoms with Crippen LogP contribution in [0.15, 0.2) is 18.2 Å². The van der Waals surface area contributed by atoms with Gasteiger partial charge in [0.15, 0.2) is 0 Å². The summed E-state index contributed by atoms with van der Waals surface area (Å²) in [6.07, 6.45) is 9.45. The molecule has 0 spiro atoms. The Morgan fingerprint density at radius 1 is 1.24 bits per heavy atom. The van der Waals surface area contributed by atoms with Gasteiger partial charge < -0.3 is 5.11 Å². The Labute approximate surface area is 138 Å². The molecule has 2 rings (SSSR count). The summed E-state index contributed by atoms with van der Waals surface area (Å²) in [5.74, 6) is 0.847. The van der Waals surface area contributed by atoms with Crippen LogP contribution in [0.3, 0.4) is 0 Å². The number of hydrogen-bond donors (Lipinski definition) is 1. The molecule has 1 N–H and O–H groups in total. The van der Waals surface area contributed by atoms with Crippen LogP contribution in [0.5, 0.6) is 0 Å². The Morgan fingerprint density at radius 2 is 1.95 bits per heavy atom. The highest BCUT2D eigenvalue weighted by atomic mass is 35.5. The van der Waals surface area contributed by atoms with Gasteiger partial charge in [-0.3, -0.25) is 0 Å². The number of rotatable bonds is 6. The molecule has 0 aliphatic heterocycles. The number of halogens is 2. The minimum Gasteiger partial charge on any atom is -0.396 e. The third kappa shape index (κ3) is 4.37. The van der Waals surface area contributed by atoms with E-state index in [1.165, 1.54) is 32.1 Å². The summed E-state index contributed by atoms with van der Waals surface area (Å²) in [5.41, 5.74) is 1.07. The van der Waals surface area contributed by atoms with Crippen molar-refractivity contribution in [1.82, 2.24) is 0 Å². The van der Waals surface area contributed by atoms with Crippen molar-refractivity contribution in [2.45, 2.75) is 58.3 Å². The van der Waals surface area contributed by atoms with E-state index in [2.05, 4.69) is 6.92 Å². The molecule has 3 heteroatoms. The number of aliphatic hydroxyl groups excluding tert-OH is 1. The maximum Gasteiger partial charge on any atom is 0.0624 e. The van der Waals surface area contributed by atoms with Crippen LogP contribution in [-0.4, -0.2) is 11.7 Å². The lowest BCUT2D eigenvalue weighted by Gasteiger charge is -2.39. The predicted octanol–water partition coefficient (Wildman–Crippen LogP) is 5.90. The molecule has 0 aromatic heterocycles. The van der Waals surface area contributed by atoms with Crippen molar-refractivity contribution < 1.29 is 5.11 Å². The molecular weight excluding hydrogens is 303 g/mol. The van der Waals surface area contributed by atoms with Crippen LogP contribution in [0.25, 0.3) is 0 Å². The van der Waals surface area contributed by atoms with E-state index < -0.39 is 0 Å². The van der Waals surface area contributed by atoms with Gasteiger partial charge in [0.05, 0.1) is 10.0 Å². The smallest absolute Gasteiger partial charge is 0.0624 e. The minimum absolute atomic E-state index is 0.00294. The molecule has 1 aliphatic rings. The van der Waals surface area contributed by atoms with E-state index in [0.717, 1.165) is 30.7 Å². The van der Waals surface area contributed by atoms with Crippen LogP contribution in [0, 0.1) is 11.3 Å². The third-order valence-electron chi connectivity index (χ3n) is 5.06. The van der Waals surface area contributed by atoms with E-state index in [-0.39, 0.29) is 12.0 Å². The molecule has 1 aromatic carbocycles. The zero-order valence-electron chi connectivity index (χ0n) is 12.9. The second-order valence-electron chi connectivity index (χ2n) is 6.63. The van der Waals surface area contributed by atoms with E-state index in [1.54, 1.807) is 0 Å². The molecule has 1 saturated carbocycles. The maximum absolute atomic E-state index is 9.95. The van der Waals surface area contributed by atoms with Gasteiger partial charge in [0.1, 0.15) is 0 Å². The summed E-state index contributed by atoms with van der Waals surface area (Å²) in [7, 11) is 0. The fourth-order valence-corrected chi connectivity index (χ4v) is 3.94. The molecule has 1 aromatic rings. The van der Waals surface area contributed by atoms with Gasteiger partial charge in [-0.15, -0.1) is 0 Å². The van der Waals surface area contributed by atoms with Crippen LogP contribution in [0.2, 0.25) is 10.0 Å². The van der Waals surface area contributed by atoms with Gasteiger partial charge in [-0.2, -0.15) is 0 Å². The van der Waals surface area contributed by atoms with Gasteiger partial charge in [0.25, 0.3) is 0 Å². The second kappa shape index (κ2) is 7.85. The second-order valence-corrected chi connectivity index (χ2v) is 7.42. The summed E-state index contributed by atoms with van der Waals surface area (Å²) >= 11 is 12.4. The normalized spacial score (nSPS) is 26.0. The van der Waals surface area contributed by atoms with Gasteiger partial charge in [-0.25, -0.2) is 0 Å². The van der Waals surface area contributed by atoms with Crippen LogP contribution in [0.1, 0.15) is 57.4 Å². The number of hydrogen-bond acceptors (Lipinski definition) is 1. The van der Waals surface area contributed by atoms with E-state index >= 15 is 0 Å². The lowest BCUT2D eigenvalue weighted by atomic mass is 9.67. The molecule has 0 bridgehead atoms. The first-order valence-corrected chi connectivity index (χ1v) is 8.89. The highest BCUT2D eigenvalue weighted by molar-refractivity contribution is 6.42. The molecule has 0 amide bonds. The third-order valence-corrected chi connectivity index (χ3v) is 5.92. The molecule has 1 fully saturated rings. The molecule has 0 atom stereocenters. The quantitative estimate of drug-likeness (QED) is 0.689. The first-order valence-electron chi connectivity index (χ1n) is 8.14. The Hall–Kier alpha value is -0.240. The number of aliphatic hydroxyl groups is 1. The Kier molecular flexibility index (Phi) is 6.40. The van der Waals surface area contributed by atoms with Gasteiger partial charge in [0, 0.05) is 6.61 Å². The van der Waals surface area contributed by atoms with Crippen molar-refractivity contribution in [1.29, 1.82) is 0 Å². The van der Waals surface area contributed by atoms with Crippen molar-refractivity contribution in [3.63, 3.8) is 0 Å². The zero-order valence-corrected chi connectivity index (χ0v) is 14.4. The molecule has 0 saturated heterocycles. The molecule has 0 unspecified atom stereocenters. The van der Waals surface area contributed by atoms with Gasteiger partial charge in [-0.05, 0) is 55.1 Å². The van der Waals surface area contributed by atoms with E-state index in [4.69, 9.17) is 23.2 Å². The first-order chi connectivity index (χ1) is 10.1. The van der Waals surface area contributed by atoms with Crippen molar-refractivity contribution in [2.24, 2.45) is 11.3 Å². The summed E-state index contributed by atoms with van der Waals surface area (Å²) in [4.78, 5) is 0. The molecule has 0 heterocycles. The fraction of sp³-hybridized carbons (Fsp3) is 0.667. The SMILES string of the molecule is CCCCC1CCC(CO)(Cc2cccc(Cl)c2Cl)CC1.